The molecule has 3 rings (SSSR count). The van der Waals surface area contributed by atoms with Crippen LogP contribution in [0.15, 0.2) is 36.4 Å². The average molecular weight is 240 g/mol. The molecule has 0 fully saturated rings. The van der Waals surface area contributed by atoms with E-state index in [9.17, 15) is 19.8 Å². The number of benzene rings is 2. The molecule has 0 amide bonds. The molecule has 0 bridgehead atoms. The van der Waals surface area contributed by atoms with Crippen molar-refractivity contribution in [1.29, 1.82) is 0 Å². The molecule has 0 aromatic heterocycles. The highest BCUT2D eigenvalue weighted by atomic mass is 16.3. The summed E-state index contributed by atoms with van der Waals surface area (Å²) in [5.41, 5.74) is 0.492. The first-order chi connectivity index (χ1) is 8.58. The third-order valence-electron chi connectivity index (χ3n) is 3.03. The summed E-state index contributed by atoms with van der Waals surface area (Å²) < 4.78 is 0. The predicted molar refractivity (Wildman–Crippen MR) is 65.1 cm³/mol. The van der Waals surface area contributed by atoms with E-state index in [1.54, 1.807) is 0 Å². The van der Waals surface area contributed by atoms with Crippen LogP contribution in [0.2, 0.25) is 0 Å². The zero-order valence-electron chi connectivity index (χ0n) is 9.18. The van der Waals surface area contributed by atoms with Crippen LogP contribution in [0.5, 0.6) is 11.5 Å². The van der Waals surface area contributed by atoms with Gasteiger partial charge in [0.2, 0.25) is 0 Å². The van der Waals surface area contributed by atoms with Crippen molar-refractivity contribution in [2.75, 3.05) is 0 Å². The van der Waals surface area contributed by atoms with Crippen molar-refractivity contribution in [3.8, 4) is 11.5 Å². The first-order valence-corrected chi connectivity index (χ1v) is 5.33. The molecule has 2 N–H and O–H groups in total. The van der Waals surface area contributed by atoms with Gasteiger partial charge in [0, 0.05) is 21.9 Å². The second kappa shape index (κ2) is 3.43. The van der Waals surface area contributed by atoms with Gasteiger partial charge in [0.05, 0.1) is 0 Å². The average Bonchev–Trinajstić information content (AvgIpc) is 2.37. The molecule has 4 nitrogen and oxygen atoms in total. The predicted octanol–water partition coefficient (Wildman–Crippen LogP) is 2.19. The second-order valence-electron chi connectivity index (χ2n) is 4.11. The normalized spacial score (nSPS) is 14.0. The molecular formula is C14H8O4. The molecular weight excluding hydrogens is 232 g/mol. The number of hydrogen-bond acceptors (Lipinski definition) is 4. The minimum atomic E-state index is -0.283. The maximum absolute atomic E-state index is 11.7. The van der Waals surface area contributed by atoms with Gasteiger partial charge in [-0.1, -0.05) is 0 Å². The molecule has 0 aliphatic heterocycles. The monoisotopic (exact) mass is 240 g/mol. The summed E-state index contributed by atoms with van der Waals surface area (Å²) in [6, 6.07) is 5.55. The highest BCUT2D eigenvalue weighted by Gasteiger charge is 2.21. The number of hydrogen-bond donors (Lipinski definition) is 2. The Kier molecular flexibility index (Phi) is 2.01. The number of carbonyl (C=O) groups is 2. The van der Waals surface area contributed by atoms with Crippen LogP contribution in [-0.4, -0.2) is 21.8 Å². The van der Waals surface area contributed by atoms with Gasteiger partial charge >= 0.3 is 0 Å². The topological polar surface area (TPSA) is 74.6 Å². The molecule has 18 heavy (non-hydrogen) atoms. The summed E-state index contributed by atoms with van der Waals surface area (Å²) >= 11 is 0. The minimum Gasteiger partial charge on any atom is -0.507 e. The van der Waals surface area contributed by atoms with Gasteiger partial charge in [-0.25, -0.2) is 0 Å². The van der Waals surface area contributed by atoms with Gasteiger partial charge < -0.3 is 10.2 Å². The van der Waals surface area contributed by atoms with Crippen LogP contribution in [0, 0.1) is 0 Å². The van der Waals surface area contributed by atoms with Gasteiger partial charge in [0.1, 0.15) is 11.5 Å². The van der Waals surface area contributed by atoms with E-state index >= 15 is 0 Å². The highest BCUT2D eigenvalue weighted by Crippen LogP contribution is 2.35. The Labute approximate surface area is 102 Å². The van der Waals surface area contributed by atoms with E-state index in [1.807, 2.05) is 0 Å². The van der Waals surface area contributed by atoms with Crippen molar-refractivity contribution in [1.82, 2.24) is 0 Å². The van der Waals surface area contributed by atoms with Crippen molar-refractivity contribution in [3.63, 3.8) is 0 Å². The summed E-state index contributed by atoms with van der Waals surface area (Å²) in [6.45, 7) is 0. The van der Waals surface area contributed by atoms with Crippen molar-refractivity contribution in [3.05, 3.63) is 47.5 Å². The van der Waals surface area contributed by atoms with Gasteiger partial charge in [-0.3, -0.25) is 9.59 Å². The SMILES string of the molecule is O=C1C=CC(=O)c2cc3c(O)ccc(O)c3cc21. The van der Waals surface area contributed by atoms with E-state index in [0.29, 0.717) is 10.8 Å². The molecule has 2 aromatic carbocycles. The number of carbonyl (C=O) groups excluding carboxylic acids is 2. The molecule has 0 atom stereocenters. The van der Waals surface area contributed by atoms with Gasteiger partial charge in [-0.05, 0) is 36.4 Å². The van der Waals surface area contributed by atoms with Crippen LogP contribution < -0.4 is 0 Å². The van der Waals surface area contributed by atoms with Crippen LogP contribution in [0.25, 0.3) is 10.8 Å². The number of allylic oxidation sites excluding steroid dienone is 2. The van der Waals surface area contributed by atoms with Gasteiger partial charge in [-0.15, -0.1) is 0 Å². The Hall–Kier alpha value is -2.62. The molecule has 4 heteroatoms. The minimum absolute atomic E-state index is 0.0413. The fourth-order valence-corrected chi connectivity index (χ4v) is 2.10. The standard InChI is InChI=1S/C14H8O4/c15-11-1-2-12(16)8-6-10-9(5-7(8)11)13(17)3-4-14(10)18/h1-6,15-16H. The summed E-state index contributed by atoms with van der Waals surface area (Å²) in [4.78, 5) is 23.4. The molecule has 0 radical (unpaired) electrons. The summed E-state index contributed by atoms with van der Waals surface area (Å²) in [6.07, 6.45) is 2.41. The molecule has 2 aromatic rings. The zero-order chi connectivity index (χ0) is 12.9. The van der Waals surface area contributed by atoms with E-state index < -0.39 is 0 Å². The quantitative estimate of drug-likeness (QED) is 0.692. The van der Waals surface area contributed by atoms with Crippen molar-refractivity contribution in [2.24, 2.45) is 0 Å². The smallest absolute Gasteiger partial charge is 0.186 e. The molecule has 0 heterocycles. The molecule has 88 valence electrons. The lowest BCUT2D eigenvalue weighted by atomic mass is 9.91. The largest absolute Gasteiger partial charge is 0.507 e. The number of phenols is 2. The van der Waals surface area contributed by atoms with Crippen molar-refractivity contribution in [2.45, 2.75) is 0 Å². The number of phenolic OH excluding ortho intramolecular Hbond substituents is 2. The van der Waals surface area contributed by atoms with Crippen LogP contribution in [0.1, 0.15) is 20.7 Å². The summed E-state index contributed by atoms with van der Waals surface area (Å²) in [5, 5.41) is 20.2. The van der Waals surface area contributed by atoms with Gasteiger partial charge in [0.25, 0.3) is 0 Å². The fourth-order valence-electron chi connectivity index (χ4n) is 2.10. The Morgan fingerprint density at radius 1 is 0.722 bits per heavy atom. The van der Waals surface area contributed by atoms with Crippen LogP contribution in [0.4, 0.5) is 0 Å². The first-order valence-electron chi connectivity index (χ1n) is 5.33. The molecule has 0 saturated carbocycles. The van der Waals surface area contributed by atoms with E-state index in [1.165, 1.54) is 36.4 Å². The maximum atomic E-state index is 11.7. The van der Waals surface area contributed by atoms with Crippen LogP contribution >= 0.6 is 0 Å². The zero-order valence-corrected chi connectivity index (χ0v) is 9.18. The van der Waals surface area contributed by atoms with E-state index in [4.69, 9.17) is 0 Å². The van der Waals surface area contributed by atoms with E-state index in [0.717, 1.165) is 0 Å². The van der Waals surface area contributed by atoms with Gasteiger partial charge in [0.15, 0.2) is 11.6 Å². The van der Waals surface area contributed by atoms with Crippen molar-refractivity contribution >= 4 is 22.3 Å². The fraction of sp³-hybridized carbons (Fsp3) is 0. The Bertz CT molecular complexity index is 679. The molecule has 1 aliphatic carbocycles. The van der Waals surface area contributed by atoms with Crippen LogP contribution in [-0.2, 0) is 0 Å². The Morgan fingerprint density at radius 2 is 1.11 bits per heavy atom. The lowest BCUT2D eigenvalue weighted by Crippen LogP contribution is -2.11. The Morgan fingerprint density at radius 3 is 1.50 bits per heavy atom. The molecule has 0 spiro atoms. The number of aromatic hydroxyl groups is 2. The molecule has 0 unspecified atom stereocenters. The van der Waals surface area contributed by atoms with Crippen molar-refractivity contribution < 1.29 is 19.8 Å². The molecule has 1 aliphatic rings. The lowest BCUT2D eigenvalue weighted by molar-refractivity contribution is 0.0994. The second-order valence-corrected chi connectivity index (χ2v) is 4.11. The summed E-state index contributed by atoms with van der Waals surface area (Å²) in [7, 11) is 0. The van der Waals surface area contributed by atoms with Gasteiger partial charge in [-0.2, -0.15) is 0 Å². The van der Waals surface area contributed by atoms with Crippen LogP contribution in [0.3, 0.4) is 0 Å². The van der Waals surface area contributed by atoms with E-state index in [-0.39, 0.29) is 34.2 Å². The number of fused-ring (bicyclic) bond motifs is 2. The number of rotatable bonds is 0. The third-order valence-corrected chi connectivity index (χ3v) is 3.03. The highest BCUT2D eigenvalue weighted by molar-refractivity contribution is 6.24. The Balaban J connectivity index is 2.46. The number of ketones is 2. The lowest BCUT2D eigenvalue weighted by Gasteiger charge is -2.12. The van der Waals surface area contributed by atoms with E-state index in [2.05, 4.69) is 0 Å². The first kappa shape index (κ1) is 10.5. The third kappa shape index (κ3) is 1.32. The maximum Gasteiger partial charge on any atom is 0.186 e. The molecule has 0 saturated heterocycles. The summed E-state index contributed by atoms with van der Waals surface area (Å²) in [5.74, 6) is -0.649.